The second kappa shape index (κ2) is 11.4. The molecule has 5 heteroatoms. The molecule has 0 spiro atoms. The van der Waals surface area contributed by atoms with Crippen molar-refractivity contribution in [2.24, 2.45) is 0 Å². The van der Waals surface area contributed by atoms with Crippen molar-refractivity contribution in [3.63, 3.8) is 0 Å². The van der Waals surface area contributed by atoms with Crippen LogP contribution in [0.5, 0.6) is 0 Å². The van der Waals surface area contributed by atoms with Gasteiger partial charge in [-0.25, -0.2) is 9.97 Å². The Balaban J connectivity index is 1.34. The van der Waals surface area contributed by atoms with Crippen molar-refractivity contribution >= 4 is 26.8 Å². The standard InChI is InChI=1S/C38H23BrN4/c39-32-21-30(33-8-4-10-35-34(33)9-5-19-41-35)20-31(22-32)37-23-36(42-38(43-37)29-6-2-1-3-7-29)28-17-15-27(16-18-28)26-13-11-25(24-40)12-14-26/h1-23H. The van der Waals surface area contributed by atoms with E-state index in [0.717, 1.165) is 65.7 Å². The molecule has 2 aromatic heterocycles. The normalized spacial score (nSPS) is 10.9. The van der Waals surface area contributed by atoms with Crippen LogP contribution in [0.4, 0.5) is 0 Å². The van der Waals surface area contributed by atoms with E-state index in [1.807, 2.05) is 79.0 Å². The maximum atomic E-state index is 9.13. The highest BCUT2D eigenvalue weighted by molar-refractivity contribution is 9.10. The second-order valence-corrected chi connectivity index (χ2v) is 11.1. The summed E-state index contributed by atoms with van der Waals surface area (Å²) >= 11 is 3.76. The summed E-state index contributed by atoms with van der Waals surface area (Å²) in [5, 5.41) is 10.2. The van der Waals surface area contributed by atoms with Crippen LogP contribution in [0.3, 0.4) is 0 Å². The molecule has 0 aliphatic carbocycles. The summed E-state index contributed by atoms with van der Waals surface area (Å²) in [4.78, 5) is 14.6. The summed E-state index contributed by atoms with van der Waals surface area (Å²) < 4.78 is 0.967. The molecule has 43 heavy (non-hydrogen) atoms. The van der Waals surface area contributed by atoms with Crippen molar-refractivity contribution in [2.75, 3.05) is 0 Å². The lowest BCUT2D eigenvalue weighted by molar-refractivity contribution is 1.18. The molecule has 0 fully saturated rings. The first-order valence-corrected chi connectivity index (χ1v) is 14.6. The van der Waals surface area contributed by atoms with Crippen molar-refractivity contribution in [1.29, 1.82) is 5.26 Å². The number of fused-ring (bicyclic) bond motifs is 1. The van der Waals surface area contributed by atoms with E-state index < -0.39 is 0 Å². The average Bonchev–Trinajstić information content (AvgIpc) is 3.08. The summed E-state index contributed by atoms with van der Waals surface area (Å²) in [6.07, 6.45) is 1.82. The molecule has 0 bridgehead atoms. The fourth-order valence-corrected chi connectivity index (χ4v) is 5.77. The van der Waals surface area contributed by atoms with Gasteiger partial charge in [-0.15, -0.1) is 0 Å². The Hall–Kier alpha value is -5.44. The zero-order chi connectivity index (χ0) is 29.2. The van der Waals surface area contributed by atoms with Crippen molar-refractivity contribution < 1.29 is 0 Å². The SMILES string of the molecule is N#Cc1ccc(-c2ccc(-c3cc(-c4cc(Br)cc(-c5cccc6ncccc56)c4)nc(-c4ccccc4)n3)cc2)cc1. The van der Waals surface area contributed by atoms with Crippen LogP contribution in [0.1, 0.15) is 5.56 Å². The lowest BCUT2D eigenvalue weighted by Crippen LogP contribution is -1.96. The molecule has 5 aromatic carbocycles. The maximum Gasteiger partial charge on any atom is 0.160 e. The molecule has 2 heterocycles. The Labute approximate surface area is 258 Å². The number of benzene rings is 5. The molecule has 0 atom stereocenters. The molecule has 0 saturated heterocycles. The molecule has 0 N–H and O–H groups in total. The Bertz CT molecular complexity index is 2130. The Morgan fingerprint density at radius 2 is 1.21 bits per heavy atom. The van der Waals surface area contributed by atoms with Gasteiger partial charge in [0.05, 0.1) is 28.5 Å². The Kier molecular flexibility index (Phi) is 7.04. The monoisotopic (exact) mass is 614 g/mol. The molecule has 0 unspecified atom stereocenters. The van der Waals surface area contributed by atoms with E-state index in [1.54, 1.807) is 0 Å². The highest BCUT2D eigenvalue weighted by Crippen LogP contribution is 2.35. The number of hydrogen-bond donors (Lipinski definition) is 0. The summed E-state index contributed by atoms with van der Waals surface area (Å²) in [5.74, 6) is 0.667. The van der Waals surface area contributed by atoms with Crippen LogP contribution >= 0.6 is 15.9 Å². The highest BCUT2D eigenvalue weighted by Gasteiger charge is 2.14. The number of halogens is 1. The third-order valence-electron chi connectivity index (χ3n) is 7.44. The van der Waals surface area contributed by atoms with Gasteiger partial charge in [-0.3, -0.25) is 4.98 Å². The lowest BCUT2D eigenvalue weighted by atomic mass is 9.97. The van der Waals surface area contributed by atoms with Crippen molar-refractivity contribution in [2.45, 2.75) is 0 Å². The highest BCUT2D eigenvalue weighted by atomic mass is 79.9. The first kappa shape index (κ1) is 26.5. The zero-order valence-electron chi connectivity index (χ0n) is 22.9. The van der Waals surface area contributed by atoms with Gasteiger partial charge in [-0.05, 0) is 70.8 Å². The van der Waals surface area contributed by atoms with E-state index in [4.69, 9.17) is 15.2 Å². The molecule has 0 aliphatic rings. The van der Waals surface area contributed by atoms with Crippen LogP contribution in [0, 0.1) is 11.3 Å². The van der Waals surface area contributed by atoms with Gasteiger partial charge in [0, 0.05) is 32.7 Å². The number of nitrogens with zero attached hydrogens (tertiary/aromatic N) is 4. The number of rotatable bonds is 5. The molecular formula is C38H23BrN4. The third kappa shape index (κ3) is 5.44. The Morgan fingerprint density at radius 1 is 0.535 bits per heavy atom. The van der Waals surface area contributed by atoms with Gasteiger partial charge in [0.1, 0.15) is 0 Å². The number of aromatic nitrogens is 3. The van der Waals surface area contributed by atoms with Crippen LogP contribution < -0.4 is 0 Å². The quantitative estimate of drug-likeness (QED) is 0.193. The molecule has 7 rings (SSSR count). The van der Waals surface area contributed by atoms with Gasteiger partial charge in [0.2, 0.25) is 0 Å². The van der Waals surface area contributed by atoms with E-state index in [2.05, 4.69) is 87.6 Å². The smallest absolute Gasteiger partial charge is 0.160 e. The number of nitriles is 1. The zero-order valence-corrected chi connectivity index (χ0v) is 24.5. The van der Waals surface area contributed by atoms with E-state index in [0.29, 0.717) is 11.4 Å². The topological polar surface area (TPSA) is 62.5 Å². The first-order chi connectivity index (χ1) is 21.1. The van der Waals surface area contributed by atoms with Crippen molar-refractivity contribution in [3.05, 3.63) is 150 Å². The van der Waals surface area contributed by atoms with Gasteiger partial charge >= 0.3 is 0 Å². The molecule has 202 valence electrons. The minimum Gasteiger partial charge on any atom is -0.256 e. The van der Waals surface area contributed by atoms with Crippen molar-refractivity contribution in [3.8, 4) is 62.2 Å². The van der Waals surface area contributed by atoms with E-state index in [-0.39, 0.29) is 0 Å². The molecule has 4 nitrogen and oxygen atoms in total. The van der Waals surface area contributed by atoms with E-state index in [9.17, 15) is 0 Å². The molecule has 0 radical (unpaired) electrons. The van der Waals surface area contributed by atoms with Gasteiger partial charge < -0.3 is 0 Å². The van der Waals surface area contributed by atoms with Crippen LogP contribution in [0.15, 0.2) is 144 Å². The van der Waals surface area contributed by atoms with Crippen molar-refractivity contribution in [1.82, 2.24) is 15.0 Å². The lowest BCUT2D eigenvalue weighted by Gasteiger charge is -2.12. The Morgan fingerprint density at radius 3 is 1.95 bits per heavy atom. The van der Waals surface area contributed by atoms with Gasteiger partial charge in [-0.1, -0.05) is 101 Å². The third-order valence-corrected chi connectivity index (χ3v) is 7.89. The summed E-state index contributed by atoms with van der Waals surface area (Å²) in [7, 11) is 0. The predicted molar refractivity (Wildman–Crippen MR) is 177 cm³/mol. The van der Waals surface area contributed by atoms with Crippen LogP contribution in [-0.4, -0.2) is 15.0 Å². The molecule has 0 saturated carbocycles. The summed E-state index contributed by atoms with van der Waals surface area (Å²) in [5.41, 5.74) is 10.5. The van der Waals surface area contributed by atoms with E-state index in [1.165, 1.54) is 0 Å². The molecule has 0 amide bonds. The number of pyridine rings is 1. The predicted octanol–water partition coefficient (Wildman–Crippen LogP) is 9.99. The first-order valence-electron chi connectivity index (χ1n) is 13.9. The second-order valence-electron chi connectivity index (χ2n) is 10.2. The summed E-state index contributed by atoms with van der Waals surface area (Å²) in [6.45, 7) is 0. The average molecular weight is 616 g/mol. The molecular weight excluding hydrogens is 592 g/mol. The molecule has 0 aliphatic heterocycles. The van der Waals surface area contributed by atoms with E-state index >= 15 is 0 Å². The minimum atomic E-state index is 0.648. The van der Waals surface area contributed by atoms with Gasteiger partial charge in [0.25, 0.3) is 0 Å². The fraction of sp³-hybridized carbons (Fsp3) is 0. The van der Waals surface area contributed by atoms with Crippen LogP contribution in [0.2, 0.25) is 0 Å². The fourth-order valence-electron chi connectivity index (χ4n) is 5.28. The largest absolute Gasteiger partial charge is 0.256 e. The minimum absolute atomic E-state index is 0.648. The molecule has 7 aromatic rings. The van der Waals surface area contributed by atoms with Gasteiger partial charge in [-0.2, -0.15) is 5.26 Å². The van der Waals surface area contributed by atoms with Crippen LogP contribution in [-0.2, 0) is 0 Å². The van der Waals surface area contributed by atoms with Gasteiger partial charge in [0.15, 0.2) is 5.82 Å². The maximum absolute atomic E-state index is 9.13. The number of hydrogen-bond acceptors (Lipinski definition) is 4. The van der Waals surface area contributed by atoms with Crippen LogP contribution in [0.25, 0.3) is 67.1 Å². The summed E-state index contributed by atoms with van der Waals surface area (Å²) in [6, 6.07) is 47.0.